The van der Waals surface area contributed by atoms with Crippen LogP contribution < -0.4 is 0 Å². The summed E-state index contributed by atoms with van der Waals surface area (Å²) in [4.78, 5) is 12.4. The van der Waals surface area contributed by atoms with Crippen LogP contribution >= 0.6 is 0 Å². The Morgan fingerprint density at radius 1 is 1.75 bits per heavy atom. The SMILES string of the molecule is C#CC(=O)N1C=C2C=NN=C2C1. The highest BCUT2D eigenvalue weighted by Crippen LogP contribution is 2.14. The average molecular weight is 159 g/mol. The van der Waals surface area contributed by atoms with Crippen molar-refractivity contribution in [3.05, 3.63) is 11.8 Å². The molecule has 4 heteroatoms. The molecule has 4 nitrogen and oxygen atoms in total. The van der Waals surface area contributed by atoms with E-state index in [9.17, 15) is 4.79 Å². The Kier molecular flexibility index (Phi) is 1.31. The zero-order chi connectivity index (χ0) is 8.55. The number of hydrogen-bond donors (Lipinski definition) is 0. The van der Waals surface area contributed by atoms with Gasteiger partial charge in [-0.25, -0.2) is 0 Å². The van der Waals surface area contributed by atoms with Crippen molar-refractivity contribution in [2.45, 2.75) is 0 Å². The predicted octanol–water partition coefficient (Wildman–Crippen LogP) is -0.214. The molecular weight excluding hydrogens is 154 g/mol. The Hall–Kier alpha value is -1.89. The van der Waals surface area contributed by atoms with Gasteiger partial charge in [-0.1, -0.05) is 0 Å². The van der Waals surface area contributed by atoms with E-state index in [2.05, 4.69) is 10.2 Å². The minimum atomic E-state index is -0.340. The van der Waals surface area contributed by atoms with E-state index in [4.69, 9.17) is 6.42 Å². The van der Waals surface area contributed by atoms with Crippen LogP contribution in [0, 0.1) is 12.3 Å². The number of fused-ring (bicyclic) bond motifs is 1. The van der Waals surface area contributed by atoms with Gasteiger partial charge in [0.25, 0.3) is 0 Å². The second-order valence-corrected chi connectivity index (χ2v) is 2.45. The fraction of sp³-hybridized carbons (Fsp3) is 0.125. The molecule has 58 valence electrons. The fourth-order valence-corrected chi connectivity index (χ4v) is 1.11. The molecule has 0 unspecified atom stereocenters. The molecule has 0 N–H and O–H groups in total. The summed E-state index contributed by atoms with van der Waals surface area (Å²) in [5.74, 6) is 1.70. The van der Waals surface area contributed by atoms with E-state index in [-0.39, 0.29) is 5.91 Å². The van der Waals surface area contributed by atoms with Crippen molar-refractivity contribution in [2.24, 2.45) is 10.2 Å². The Morgan fingerprint density at radius 2 is 2.58 bits per heavy atom. The lowest BCUT2D eigenvalue weighted by molar-refractivity contribution is -0.121. The van der Waals surface area contributed by atoms with Gasteiger partial charge in [-0.05, 0) is 5.92 Å². The normalized spacial score (nSPS) is 18.4. The molecular formula is C8H5N3O. The molecule has 0 saturated heterocycles. The molecule has 0 aromatic heterocycles. The van der Waals surface area contributed by atoms with E-state index < -0.39 is 0 Å². The van der Waals surface area contributed by atoms with E-state index in [1.54, 1.807) is 12.4 Å². The average Bonchev–Trinajstić information content (AvgIpc) is 2.60. The maximum Gasteiger partial charge on any atom is 0.302 e. The Bertz CT molecular complexity index is 370. The summed E-state index contributed by atoms with van der Waals surface area (Å²) < 4.78 is 0. The second-order valence-electron chi connectivity index (χ2n) is 2.45. The minimum absolute atomic E-state index is 0.340. The highest BCUT2D eigenvalue weighted by atomic mass is 16.2. The second kappa shape index (κ2) is 2.31. The van der Waals surface area contributed by atoms with Crippen molar-refractivity contribution in [3.8, 4) is 12.3 Å². The van der Waals surface area contributed by atoms with Gasteiger partial charge in [0.1, 0.15) is 0 Å². The molecule has 2 rings (SSSR count). The molecule has 2 aliphatic heterocycles. The minimum Gasteiger partial charge on any atom is -0.301 e. The smallest absolute Gasteiger partial charge is 0.301 e. The zero-order valence-electron chi connectivity index (χ0n) is 6.19. The van der Waals surface area contributed by atoms with Gasteiger partial charge < -0.3 is 4.90 Å². The van der Waals surface area contributed by atoms with Crippen molar-refractivity contribution in [3.63, 3.8) is 0 Å². The van der Waals surface area contributed by atoms with Gasteiger partial charge in [-0.2, -0.15) is 10.2 Å². The van der Waals surface area contributed by atoms with Crippen LogP contribution in [-0.2, 0) is 4.79 Å². The first-order chi connectivity index (χ1) is 5.81. The first kappa shape index (κ1) is 6.80. The molecule has 0 fully saturated rings. The Balaban J connectivity index is 2.25. The summed E-state index contributed by atoms with van der Waals surface area (Å²) >= 11 is 0. The summed E-state index contributed by atoms with van der Waals surface area (Å²) in [6.45, 7) is 0.443. The Labute approximate surface area is 69.3 Å². The fourth-order valence-electron chi connectivity index (χ4n) is 1.11. The van der Waals surface area contributed by atoms with Gasteiger partial charge in [0.2, 0.25) is 0 Å². The standard InChI is InChI=1S/C8H5N3O/c1-2-8(12)11-4-6-3-9-10-7(6)5-11/h1,3-4H,5H2. The third-order valence-corrected chi connectivity index (χ3v) is 1.71. The van der Waals surface area contributed by atoms with E-state index in [1.165, 1.54) is 4.90 Å². The number of carbonyl (C=O) groups is 1. The van der Waals surface area contributed by atoms with Crippen LogP contribution in [0.4, 0.5) is 0 Å². The van der Waals surface area contributed by atoms with E-state index in [1.807, 2.05) is 5.92 Å². The first-order valence-electron chi connectivity index (χ1n) is 3.40. The lowest BCUT2D eigenvalue weighted by atomic mass is 10.2. The van der Waals surface area contributed by atoms with Crippen LogP contribution in [0.25, 0.3) is 0 Å². The molecule has 1 amide bonds. The third-order valence-electron chi connectivity index (χ3n) is 1.71. The molecule has 0 atom stereocenters. The third kappa shape index (κ3) is 0.839. The Morgan fingerprint density at radius 3 is 3.25 bits per heavy atom. The molecule has 0 aliphatic carbocycles. The van der Waals surface area contributed by atoms with Crippen molar-refractivity contribution in [2.75, 3.05) is 6.54 Å². The van der Waals surface area contributed by atoms with Gasteiger partial charge in [-0.15, -0.1) is 6.42 Å². The number of nitrogens with zero attached hydrogens (tertiary/aromatic N) is 3. The van der Waals surface area contributed by atoms with Gasteiger partial charge >= 0.3 is 5.91 Å². The molecule has 2 heterocycles. The van der Waals surface area contributed by atoms with Gasteiger partial charge in [0.15, 0.2) is 0 Å². The first-order valence-corrected chi connectivity index (χ1v) is 3.40. The lowest BCUT2D eigenvalue weighted by Gasteiger charge is -2.06. The molecule has 12 heavy (non-hydrogen) atoms. The summed E-state index contributed by atoms with van der Waals surface area (Å²) in [5.41, 5.74) is 1.68. The maximum atomic E-state index is 11.0. The summed E-state index contributed by atoms with van der Waals surface area (Å²) in [6.07, 6.45) is 8.23. The van der Waals surface area contributed by atoms with Crippen LogP contribution in [-0.4, -0.2) is 29.3 Å². The highest BCUT2D eigenvalue weighted by molar-refractivity contribution is 6.22. The number of hydrogen-bond acceptors (Lipinski definition) is 3. The molecule has 0 aromatic rings. The van der Waals surface area contributed by atoms with Gasteiger partial charge in [0.05, 0.1) is 18.5 Å². The van der Waals surface area contributed by atoms with Crippen molar-refractivity contribution in [1.82, 2.24) is 4.90 Å². The summed E-state index contributed by atoms with van der Waals surface area (Å²) in [5, 5.41) is 7.51. The van der Waals surface area contributed by atoms with Gasteiger partial charge in [0, 0.05) is 11.8 Å². The number of carbonyl (C=O) groups excluding carboxylic acids is 1. The predicted molar refractivity (Wildman–Crippen MR) is 44.6 cm³/mol. The van der Waals surface area contributed by atoms with E-state index in [0.717, 1.165) is 11.3 Å². The summed E-state index contributed by atoms with van der Waals surface area (Å²) in [6, 6.07) is 0. The number of terminal acetylenes is 1. The quantitative estimate of drug-likeness (QED) is 0.451. The lowest BCUT2D eigenvalue weighted by Crippen LogP contribution is -2.24. The largest absolute Gasteiger partial charge is 0.302 e. The molecule has 0 bridgehead atoms. The van der Waals surface area contributed by atoms with Crippen molar-refractivity contribution < 1.29 is 4.79 Å². The van der Waals surface area contributed by atoms with Crippen LogP contribution in [0.3, 0.4) is 0 Å². The van der Waals surface area contributed by atoms with Crippen LogP contribution in [0.2, 0.25) is 0 Å². The van der Waals surface area contributed by atoms with Crippen LogP contribution in [0.15, 0.2) is 22.0 Å². The maximum absolute atomic E-state index is 11.0. The number of amides is 1. The molecule has 0 radical (unpaired) electrons. The number of rotatable bonds is 0. The van der Waals surface area contributed by atoms with E-state index in [0.29, 0.717) is 6.54 Å². The highest BCUT2D eigenvalue weighted by Gasteiger charge is 2.24. The van der Waals surface area contributed by atoms with Gasteiger partial charge in [-0.3, -0.25) is 4.79 Å². The molecule has 0 spiro atoms. The topological polar surface area (TPSA) is 45.0 Å². The zero-order valence-corrected chi connectivity index (χ0v) is 6.19. The van der Waals surface area contributed by atoms with Crippen LogP contribution in [0.1, 0.15) is 0 Å². The molecule has 2 aliphatic rings. The summed E-state index contributed by atoms with van der Waals surface area (Å²) in [7, 11) is 0. The molecule has 0 aromatic carbocycles. The van der Waals surface area contributed by atoms with Crippen LogP contribution in [0.5, 0.6) is 0 Å². The van der Waals surface area contributed by atoms with Crippen molar-refractivity contribution >= 4 is 17.8 Å². The molecule has 0 saturated carbocycles. The van der Waals surface area contributed by atoms with Crippen molar-refractivity contribution in [1.29, 1.82) is 0 Å². The van der Waals surface area contributed by atoms with E-state index >= 15 is 0 Å². The monoisotopic (exact) mass is 159 g/mol.